The molecule has 6 nitrogen and oxygen atoms in total. The zero-order valence-electron chi connectivity index (χ0n) is 19.1. The highest BCUT2D eigenvalue weighted by atomic mass is 16.5. The van der Waals surface area contributed by atoms with Crippen LogP contribution in [-0.4, -0.2) is 47.1 Å². The number of aliphatic hydroxyl groups is 1. The molecule has 0 radical (unpaired) electrons. The fourth-order valence-electron chi connectivity index (χ4n) is 4.40. The van der Waals surface area contributed by atoms with Crippen molar-refractivity contribution in [2.45, 2.75) is 44.0 Å². The first kappa shape index (κ1) is 23.0. The largest absolute Gasteiger partial charge is 0.481 e. The van der Waals surface area contributed by atoms with E-state index in [1.54, 1.807) is 31.3 Å². The standard InChI is InChI=1S/C27H31N3O3/c1-30(18-20-10-15-25(33-2)28-17-20)27(32)22-11-8-19(9-12-22)16-23-13-14-24(29-23)26(31)21-6-4-3-5-7-21/h3-12,15,17,23-24,26,29,31H,13-14,16,18H2,1-2H3. The Morgan fingerprint density at radius 1 is 1.09 bits per heavy atom. The maximum atomic E-state index is 12.8. The monoisotopic (exact) mass is 445 g/mol. The molecule has 33 heavy (non-hydrogen) atoms. The van der Waals surface area contributed by atoms with Crippen LogP contribution in [0, 0.1) is 0 Å². The van der Waals surface area contributed by atoms with Crippen molar-refractivity contribution in [3.8, 4) is 5.88 Å². The van der Waals surface area contributed by atoms with Gasteiger partial charge in [0.25, 0.3) is 5.91 Å². The van der Waals surface area contributed by atoms with Crippen molar-refractivity contribution in [2.24, 2.45) is 0 Å². The molecule has 0 saturated carbocycles. The number of aromatic nitrogens is 1. The van der Waals surface area contributed by atoms with Crippen molar-refractivity contribution >= 4 is 5.91 Å². The summed E-state index contributed by atoms with van der Waals surface area (Å²) in [5.41, 5.74) is 3.75. The summed E-state index contributed by atoms with van der Waals surface area (Å²) in [7, 11) is 3.37. The molecule has 3 aromatic rings. The third-order valence-corrected chi connectivity index (χ3v) is 6.25. The van der Waals surface area contributed by atoms with E-state index in [9.17, 15) is 9.90 Å². The molecule has 4 rings (SSSR count). The summed E-state index contributed by atoms with van der Waals surface area (Å²) in [5.74, 6) is 0.531. The van der Waals surface area contributed by atoms with Crippen LogP contribution in [0.4, 0.5) is 0 Å². The van der Waals surface area contributed by atoms with E-state index in [2.05, 4.69) is 10.3 Å². The number of amides is 1. The van der Waals surface area contributed by atoms with Gasteiger partial charge in [-0.05, 0) is 48.1 Å². The van der Waals surface area contributed by atoms with E-state index in [4.69, 9.17) is 4.74 Å². The Morgan fingerprint density at radius 3 is 2.48 bits per heavy atom. The minimum atomic E-state index is -0.493. The number of carbonyl (C=O) groups excluding carboxylic acids is 1. The SMILES string of the molecule is COc1ccc(CN(C)C(=O)c2ccc(CC3CCC(C(O)c4ccccc4)N3)cc2)cn1. The van der Waals surface area contributed by atoms with Crippen molar-refractivity contribution in [3.63, 3.8) is 0 Å². The van der Waals surface area contributed by atoms with Gasteiger partial charge in [0.1, 0.15) is 0 Å². The first-order valence-electron chi connectivity index (χ1n) is 11.4. The van der Waals surface area contributed by atoms with Gasteiger partial charge in [0, 0.05) is 43.5 Å². The molecule has 1 fully saturated rings. The van der Waals surface area contributed by atoms with Crippen LogP contribution in [0.25, 0.3) is 0 Å². The number of hydrogen-bond donors (Lipinski definition) is 2. The molecule has 0 bridgehead atoms. The van der Waals surface area contributed by atoms with Gasteiger partial charge in [-0.25, -0.2) is 4.98 Å². The normalized spacial score (nSPS) is 18.6. The molecule has 3 atom stereocenters. The number of benzene rings is 2. The molecule has 0 spiro atoms. The summed E-state index contributed by atoms with van der Waals surface area (Å²) in [6.07, 6.45) is 4.07. The fourth-order valence-corrected chi connectivity index (χ4v) is 4.40. The summed E-state index contributed by atoms with van der Waals surface area (Å²) in [5, 5.41) is 14.3. The summed E-state index contributed by atoms with van der Waals surface area (Å²) < 4.78 is 5.08. The van der Waals surface area contributed by atoms with Crippen LogP contribution in [0.1, 0.15) is 46.0 Å². The summed E-state index contributed by atoms with van der Waals surface area (Å²) >= 11 is 0. The minimum Gasteiger partial charge on any atom is -0.481 e. The number of aliphatic hydroxyl groups excluding tert-OH is 1. The van der Waals surface area contributed by atoms with Crippen LogP contribution >= 0.6 is 0 Å². The van der Waals surface area contributed by atoms with Gasteiger partial charge in [0.05, 0.1) is 13.2 Å². The van der Waals surface area contributed by atoms with Crippen molar-refractivity contribution < 1.29 is 14.6 Å². The molecular weight excluding hydrogens is 414 g/mol. The highest BCUT2D eigenvalue weighted by Crippen LogP contribution is 2.26. The lowest BCUT2D eigenvalue weighted by Gasteiger charge is -2.20. The highest BCUT2D eigenvalue weighted by molar-refractivity contribution is 5.94. The van der Waals surface area contributed by atoms with Crippen molar-refractivity contribution in [2.75, 3.05) is 14.2 Å². The van der Waals surface area contributed by atoms with Gasteiger partial charge in [-0.3, -0.25) is 4.79 Å². The Labute approximate surface area is 195 Å². The lowest BCUT2D eigenvalue weighted by molar-refractivity contribution is 0.0785. The molecular formula is C27H31N3O3. The Morgan fingerprint density at radius 2 is 1.82 bits per heavy atom. The topological polar surface area (TPSA) is 74.7 Å². The number of rotatable bonds is 8. The third kappa shape index (κ3) is 5.78. The number of ether oxygens (including phenoxy) is 1. The number of methoxy groups -OCH3 is 1. The Balaban J connectivity index is 1.30. The maximum Gasteiger partial charge on any atom is 0.253 e. The Hall–Kier alpha value is -3.22. The first-order valence-corrected chi connectivity index (χ1v) is 11.4. The molecule has 1 aromatic heterocycles. The fraction of sp³-hybridized carbons (Fsp3) is 0.333. The second kappa shape index (κ2) is 10.6. The minimum absolute atomic E-state index is 0.0255. The second-order valence-electron chi connectivity index (χ2n) is 8.67. The first-order chi connectivity index (χ1) is 16.0. The summed E-state index contributed by atoms with van der Waals surface area (Å²) in [4.78, 5) is 18.7. The van der Waals surface area contributed by atoms with Crippen LogP contribution in [0.5, 0.6) is 5.88 Å². The lowest BCUT2D eigenvalue weighted by atomic mass is 10.0. The van der Waals surface area contributed by atoms with Gasteiger partial charge in [0.15, 0.2) is 0 Å². The van der Waals surface area contributed by atoms with Crippen molar-refractivity contribution in [1.29, 1.82) is 0 Å². The van der Waals surface area contributed by atoms with Crippen LogP contribution in [-0.2, 0) is 13.0 Å². The van der Waals surface area contributed by atoms with Gasteiger partial charge in [0.2, 0.25) is 5.88 Å². The zero-order chi connectivity index (χ0) is 23.2. The van der Waals surface area contributed by atoms with E-state index in [-0.39, 0.29) is 11.9 Å². The van der Waals surface area contributed by atoms with E-state index >= 15 is 0 Å². The lowest BCUT2D eigenvalue weighted by Crippen LogP contribution is -2.35. The smallest absolute Gasteiger partial charge is 0.253 e. The molecule has 2 heterocycles. The molecule has 172 valence electrons. The number of pyridine rings is 1. The van der Waals surface area contributed by atoms with Crippen LogP contribution in [0.2, 0.25) is 0 Å². The second-order valence-corrected chi connectivity index (χ2v) is 8.67. The molecule has 1 saturated heterocycles. The quantitative estimate of drug-likeness (QED) is 0.552. The van der Waals surface area contributed by atoms with E-state index in [0.29, 0.717) is 24.0 Å². The van der Waals surface area contributed by atoms with Gasteiger partial charge in [-0.1, -0.05) is 48.5 Å². The van der Waals surface area contributed by atoms with Crippen LogP contribution in [0.3, 0.4) is 0 Å². The van der Waals surface area contributed by atoms with Gasteiger partial charge in [-0.15, -0.1) is 0 Å². The molecule has 1 aliphatic rings. The highest BCUT2D eigenvalue weighted by Gasteiger charge is 2.29. The number of nitrogens with one attached hydrogen (secondary N) is 1. The van der Waals surface area contributed by atoms with E-state index in [1.165, 1.54) is 5.56 Å². The van der Waals surface area contributed by atoms with Crippen LogP contribution < -0.4 is 10.1 Å². The molecule has 0 aliphatic carbocycles. The molecule has 2 aromatic carbocycles. The van der Waals surface area contributed by atoms with Crippen molar-refractivity contribution in [1.82, 2.24) is 15.2 Å². The average Bonchev–Trinajstić information content (AvgIpc) is 3.33. The third-order valence-electron chi connectivity index (χ3n) is 6.25. The molecule has 2 N–H and O–H groups in total. The Bertz CT molecular complexity index is 1040. The van der Waals surface area contributed by atoms with Gasteiger partial charge in [-0.2, -0.15) is 0 Å². The van der Waals surface area contributed by atoms with Crippen LogP contribution in [0.15, 0.2) is 72.9 Å². The average molecular weight is 446 g/mol. The molecule has 1 amide bonds. The van der Waals surface area contributed by atoms with Crippen molar-refractivity contribution in [3.05, 3.63) is 95.2 Å². The molecule has 3 unspecified atom stereocenters. The molecule has 6 heteroatoms. The molecule has 1 aliphatic heterocycles. The van der Waals surface area contributed by atoms with E-state index < -0.39 is 6.10 Å². The number of carbonyl (C=O) groups is 1. The van der Waals surface area contributed by atoms with Gasteiger partial charge < -0.3 is 20.1 Å². The predicted molar refractivity (Wildman–Crippen MR) is 128 cm³/mol. The zero-order valence-corrected chi connectivity index (χ0v) is 19.1. The predicted octanol–water partition coefficient (Wildman–Crippen LogP) is 3.76. The maximum absolute atomic E-state index is 12.8. The summed E-state index contributed by atoms with van der Waals surface area (Å²) in [6, 6.07) is 21.8. The van der Waals surface area contributed by atoms with Gasteiger partial charge >= 0.3 is 0 Å². The van der Waals surface area contributed by atoms with E-state index in [0.717, 1.165) is 30.4 Å². The number of nitrogens with zero attached hydrogens (tertiary/aromatic N) is 2. The van der Waals surface area contributed by atoms with E-state index in [1.807, 2.05) is 60.7 Å². The Kier molecular flexibility index (Phi) is 7.37. The number of hydrogen-bond acceptors (Lipinski definition) is 5. The summed E-state index contributed by atoms with van der Waals surface area (Å²) in [6.45, 7) is 0.481.